The minimum absolute atomic E-state index is 0.0863. The van der Waals surface area contributed by atoms with E-state index < -0.39 is 12.0 Å². The lowest BCUT2D eigenvalue weighted by Crippen LogP contribution is -2.38. The summed E-state index contributed by atoms with van der Waals surface area (Å²) in [5.74, 6) is -0.517. The Labute approximate surface area is 192 Å². The summed E-state index contributed by atoms with van der Waals surface area (Å²) in [6.45, 7) is 5.15. The molecule has 31 heavy (non-hydrogen) atoms. The number of likely N-dealkylation sites (N-methyl/N-ethyl adjacent to an activating group) is 1. The zero-order valence-electron chi connectivity index (χ0n) is 18.1. The Morgan fingerprint density at radius 3 is 2.74 bits per heavy atom. The SMILES string of the molecule is CCOC(=O)C1=C(C)N=C2SC=C(CC(=O)NCCN(C)C)N2C1c1ccccc1Cl. The molecule has 2 heterocycles. The molecule has 1 N–H and O–H groups in total. The third kappa shape index (κ3) is 5.31. The highest BCUT2D eigenvalue weighted by Gasteiger charge is 2.41. The van der Waals surface area contributed by atoms with Crippen molar-refractivity contribution in [3.63, 3.8) is 0 Å². The number of rotatable bonds is 8. The van der Waals surface area contributed by atoms with Crippen molar-refractivity contribution in [2.24, 2.45) is 4.99 Å². The van der Waals surface area contributed by atoms with Crippen molar-refractivity contribution in [1.29, 1.82) is 0 Å². The van der Waals surface area contributed by atoms with Crippen molar-refractivity contribution >= 4 is 40.4 Å². The molecule has 166 valence electrons. The summed E-state index contributed by atoms with van der Waals surface area (Å²) in [6, 6.07) is 6.89. The Bertz CT molecular complexity index is 958. The molecule has 0 aromatic heterocycles. The summed E-state index contributed by atoms with van der Waals surface area (Å²) >= 11 is 7.98. The molecule has 9 heteroatoms. The number of carbonyl (C=O) groups is 2. The number of carbonyl (C=O) groups excluding carboxylic acids is 2. The lowest BCUT2D eigenvalue weighted by atomic mass is 9.93. The fourth-order valence-electron chi connectivity index (χ4n) is 3.48. The van der Waals surface area contributed by atoms with Gasteiger partial charge in [0.05, 0.1) is 30.3 Å². The number of ether oxygens (including phenoxy) is 1. The molecule has 0 bridgehead atoms. The number of amidine groups is 1. The fourth-order valence-corrected chi connectivity index (χ4v) is 4.68. The molecule has 1 amide bonds. The van der Waals surface area contributed by atoms with Gasteiger partial charge in [-0.1, -0.05) is 41.6 Å². The van der Waals surface area contributed by atoms with Gasteiger partial charge in [-0.2, -0.15) is 0 Å². The number of halogens is 1. The summed E-state index contributed by atoms with van der Waals surface area (Å²) in [7, 11) is 3.91. The van der Waals surface area contributed by atoms with Crippen LogP contribution in [0.2, 0.25) is 5.02 Å². The first-order chi connectivity index (χ1) is 14.8. The Kier molecular flexibility index (Phi) is 7.80. The average Bonchev–Trinajstić information content (AvgIpc) is 3.09. The molecule has 1 aromatic carbocycles. The highest BCUT2D eigenvalue weighted by molar-refractivity contribution is 8.16. The number of thioether (sulfide) groups is 1. The maximum Gasteiger partial charge on any atom is 0.338 e. The van der Waals surface area contributed by atoms with E-state index in [1.165, 1.54) is 11.8 Å². The average molecular weight is 463 g/mol. The van der Waals surface area contributed by atoms with Crippen LogP contribution in [-0.2, 0) is 14.3 Å². The van der Waals surface area contributed by atoms with Crippen molar-refractivity contribution in [2.45, 2.75) is 26.3 Å². The monoisotopic (exact) mass is 462 g/mol. The topological polar surface area (TPSA) is 74.2 Å². The normalized spacial score (nSPS) is 18.0. The van der Waals surface area contributed by atoms with Crippen molar-refractivity contribution in [1.82, 2.24) is 15.1 Å². The van der Waals surface area contributed by atoms with Gasteiger partial charge in [-0.25, -0.2) is 9.79 Å². The summed E-state index contributed by atoms with van der Waals surface area (Å²) in [5.41, 5.74) is 2.55. The van der Waals surface area contributed by atoms with Crippen LogP contribution in [0.5, 0.6) is 0 Å². The van der Waals surface area contributed by atoms with Crippen molar-refractivity contribution in [3.05, 3.63) is 57.2 Å². The van der Waals surface area contributed by atoms with Gasteiger partial charge in [0.1, 0.15) is 0 Å². The molecular weight excluding hydrogens is 436 g/mol. The highest BCUT2D eigenvalue weighted by atomic mass is 35.5. The molecule has 0 spiro atoms. The van der Waals surface area contributed by atoms with Crippen LogP contribution in [0.4, 0.5) is 0 Å². The van der Waals surface area contributed by atoms with Crippen LogP contribution in [0, 0.1) is 0 Å². The molecular formula is C22H27ClN4O3S. The second-order valence-electron chi connectivity index (χ2n) is 7.47. The smallest absolute Gasteiger partial charge is 0.338 e. The molecule has 2 aliphatic rings. The lowest BCUT2D eigenvalue weighted by molar-refractivity contribution is -0.139. The fraction of sp³-hybridized carbons (Fsp3) is 0.409. The number of aliphatic imine (C=N–C) groups is 1. The standard InChI is InChI=1S/C22H27ClN4O3S/c1-5-30-21(29)19-14(2)25-22-27(20(19)16-8-6-7-9-17(16)23)15(13-31-22)12-18(28)24-10-11-26(3)4/h6-9,13,20H,5,10-12H2,1-4H3,(H,24,28). The van der Waals surface area contributed by atoms with Crippen molar-refractivity contribution in [2.75, 3.05) is 33.8 Å². The number of nitrogens with one attached hydrogen (secondary N) is 1. The van der Waals surface area contributed by atoms with Gasteiger partial charge in [-0.05, 0) is 45.0 Å². The maximum atomic E-state index is 12.9. The van der Waals surface area contributed by atoms with E-state index in [0.29, 0.717) is 28.0 Å². The molecule has 0 saturated heterocycles. The van der Waals surface area contributed by atoms with Crippen LogP contribution >= 0.6 is 23.4 Å². The Hall–Kier alpha value is -2.29. The van der Waals surface area contributed by atoms with Crippen LogP contribution in [0.3, 0.4) is 0 Å². The van der Waals surface area contributed by atoms with E-state index in [9.17, 15) is 9.59 Å². The second-order valence-corrected chi connectivity index (χ2v) is 8.71. The van der Waals surface area contributed by atoms with Gasteiger partial charge in [0, 0.05) is 23.8 Å². The quantitative estimate of drug-likeness (QED) is 0.595. The van der Waals surface area contributed by atoms with E-state index >= 15 is 0 Å². The highest BCUT2D eigenvalue weighted by Crippen LogP contribution is 2.46. The number of nitrogens with zero attached hydrogens (tertiary/aromatic N) is 3. The molecule has 0 fully saturated rings. The Balaban J connectivity index is 1.94. The van der Waals surface area contributed by atoms with E-state index in [0.717, 1.165) is 17.8 Å². The van der Waals surface area contributed by atoms with Gasteiger partial charge in [0.2, 0.25) is 5.91 Å². The van der Waals surface area contributed by atoms with E-state index in [-0.39, 0.29) is 18.9 Å². The van der Waals surface area contributed by atoms with E-state index in [4.69, 9.17) is 16.3 Å². The second kappa shape index (κ2) is 10.3. The summed E-state index contributed by atoms with van der Waals surface area (Å²) in [5, 5.41) is 6.10. The van der Waals surface area contributed by atoms with Gasteiger partial charge in [-0.15, -0.1) is 0 Å². The number of amides is 1. The lowest BCUT2D eigenvalue weighted by Gasteiger charge is -2.36. The van der Waals surface area contributed by atoms with Gasteiger partial charge in [-0.3, -0.25) is 4.79 Å². The van der Waals surface area contributed by atoms with E-state index in [1.807, 2.05) is 47.5 Å². The molecule has 7 nitrogen and oxygen atoms in total. The Morgan fingerprint density at radius 2 is 2.06 bits per heavy atom. The third-order valence-electron chi connectivity index (χ3n) is 4.92. The number of allylic oxidation sites excluding steroid dienone is 1. The number of esters is 1. The zero-order chi connectivity index (χ0) is 22.5. The van der Waals surface area contributed by atoms with Crippen molar-refractivity contribution < 1.29 is 14.3 Å². The predicted octanol–water partition coefficient (Wildman–Crippen LogP) is 3.55. The van der Waals surface area contributed by atoms with Gasteiger partial charge < -0.3 is 19.9 Å². The van der Waals surface area contributed by atoms with Crippen LogP contribution in [0.25, 0.3) is 0 Å². The number of hydrogen-bond donors (Lipinski definition) is 1. The maximum absolute atomic E-state index is 12.9. The number of fused-ring (bicyclic) bond motifs is 1. The molecule has 0 radical (unpaired) electrons. The predicted molar refractivity (Wildman–Crippen MR) is 125 cm³/mol. The molecule has 1 aromatic rings. The van der Waals surface area contributed by atoms with Crippen molar-refractivity contribution in [3.8, 4) is 0 Å². The third-order valence-corrected chi connectivity index (χ3v) is 6.15. The first-order valence-electron chi connectivity index (χ1n) is 10.1. The van der Waals surface area contributed by atoms with Gasteiger partial charge in [0.15, 0.2) is 5.17 Å². The zero-order valence-corrected chi connectivity index (χ0v) is 19.7. The minimum atomic E-state index is -0.518. The molecule has 1 unspecified atom stereocenters. The minimum Gasteiger partial charge on any atom is -0.463 e. The van der Waals surface area contributed by atoms with Crippen LogP contribution < -0.4 is 5.32 Å². The first kappa shape index (κ1) is 23.4. The summed E-state index contributed by atoms with van der Waals surface area (Å²) in [4.78, 5) is 34.0. The van der Waals surface area contributed by atoms with Crippen LogP contribution in [0.15, 0.2) is 51.6 Å². The van der Waals surface area contributed by atoms with Crippen LogP contribution in [-0.4, -0.2) is 60.6 Å². The Morgan fingerprint density at radius 1 is 1.32 bits per heavy atom. The van der Waals surface area contributed by atoms with E-state index in [2.05, 4.69) is 10.3 Å². The molecule has 3 rings (SSSR count). The van der Waals surface area contributed by atoms with E-state index in [1.54, 1.807) is 19.9 Å². The number of benzene rings is 1. The van der Waals surface area contributed by atoms with Gasteiger partial charge >= 0.3 is 5.97 Å². The largest absolute Gasteiger partial charge is 0.463 e. The van der Waals surface area contributed by atoms with Crippen LogP contribution in [0.1, 0.15) is 31.9 Å². The molecule has 1 atom stereocenters. The first-order valence-corrected chi connectivity index (χ1v) is 11.4. The molecule has 2 aliphatic heterocycles. The van der Waals surface area contributed by atoms with Gasteiger partial charge in [0.25, 0.3) is 0 Å². The number of hydrogen-bond acceptors (Lipinski definition) is 7. The summed E-state index contributed by atoms with van der Waals surface area (Å²) in [6.07, 6.45) is 0.176. The molecule has 0 saturated carbocycles. The molecule has 0 aliphatic carbocycles. The summed E-state index contributed by atoms with van der Waals surface area (Å²) < 4.78 is 5.34.